The van der Waals surface area contributed by atoms with Gasteiger partial charge in [-0.1, -0.05) is 0 Å². The van der Waals surface area contributed by atoms with Gasteiger partial charge in [0.25, 0.3) is 5.56 Å². The van der Waals surface area contributed by atoms with Crippen molar-refractivity contribution in [3.63, 3.8) is 0 Å². The molecule has 2 aromatic heterocycles. The van der Waals surface area contributed by atoms with Crippen molar-refractivity contribution in [2.75, 3.05) is 19.6 Å². The maximum Gasteiger partial charge on any atom is 0.415 e. The highest BCUT2D eigenvalue weighted by atomic mass is 19.4. The lowest BCUT2D eigenvalue weighted by Gasteiger charge is -2.33. The highest BCUT2D eigenvalue weighted by Gasteiger charge is 2.39. The number of nitrogens with zero attached hydrogens (tertiary/aromatic N) is 4. The van der Waals surface area contributed by atoms with E-state index >= 15 is 0 Å². The van der Waals surface area contributed by atoms with Crippen LogP contribution in [-0.2, 0) is 6.54 Å². The van der Waals surface area contributed by atoms with Crippen LogP contribution in [0, 0.1) is 5.92 Å². The number of rotatable bonds is 5. The summed E-state index contributed by atoms with van der Waals surface area (Å²) in [6.45, 7) is 0.923. The minimum absolute atomic E-state index is 0.155. The molecule has 9 heteroatoms. The molecule has 0 spiro atoms. The van der Waals surface area contributed by atoms with Gasteiger partial charge in [0, 0.05) is 37.1 Å². The molecule has 0 aromatic carbocycles. The number of β-amino-alcohol motifs (C(OH)–C–C–N with tert-alkyl or cyclic N) is 1. The Hall–Kier alpha value is -2.26. The molecule has 1 fully saturated rings. The number of hydrogen-bond donors (Lipinski definition) is 1. The number of aliphatic hydroxyl groups excluding tert-OH is 1. The molecule has 3 heterocycles. The summed E-state index contributed by atoms with van der Waals surface area (Å²) < 4.78 is 38.8. The lowest BCUT2D eigenvalue weighted by molar-refractivity contribution is -0.208. The van der Waals surface area contributed by atoms with E-state index in [9.17, 15) is 23.1 Å². The summed E-state index contributed by atoms with van der Waals surface area (Å²) in [6, 6.07) is 6.75. The predicted molar refractivity (Wildman–Crippen MR) is 93.0 cm³/mol. The van der Waals surface area contributed by atoms with Crippen LogP contribution in [-0.4, -0.2) is 56.7 Å². The maximum atomic E-state index is 12.5. The Balaban J connectivity index is 1.60. The van der Waals surface area contributed by atoms with Crippen molar-refractivity contribution in [3.8, 4) is 11.3 Å². The van der Waals surface area contributed by atoms with Crippen molar-refractivity contribution >= 4 is 0 Å². The number of aliphatic hydroxyl groups is 1. The number of aromatic nitrogens is 3. The number of pyridine rings is 1. The molecule has 1 saturated heterocycles. The number of hydrogen-bond acceptors (Lipinski definition) is 5. The van der Waals surface area contributed by atoms with Gasteiger partial charge in [-0.25, -0.2) is 4.68 Å². The van der Waals surface area contributed by atoms with E-state index in [0.717, 1.165) is 5.56 Å². The fraction of sp³-hybridized carbons (Fsp3) is 0.500. The van der Waals surface area contributed by atoms with Gasteiger partial charge in [-0.15, -0.1) is 0 Å². The first-order valence-electron chi connectivity index (χ1n) is 8.78. The third kappa shape index (κ3) is 5.14. The Kier molecular flexibility index (Phi) is 5.91. The highest BCUT2D eigenvalue weighted by molar-refractivity contribution is 5.56. The first-order chi connectivity index (χ1) is 12.8. The monoisotopic (exact) mass is 382 g/mol. The minimum Gasteiger partial charge on any atom is -0.382 e. The van der Waals surface area contributed by atoms with Gasteiger partial charge < -0.3 is 10.0 Å². The summed E-state index contributed by atoms with van der Waals surface area (Å²) >= 11 is 0. The number of alkyl halides is 3. The third-order valence-corrected chi connectivity index (χ3v) is 4.79. The van der Waals surface area contributed by atoms with E-state index in [0.29, 0.717) is 38.2 Å². The van der Waals surface area contributed by atoms with Crippen LogP contribution in [0.5, 0.6) is 0 Å². The zero-order chi connectivity index (χ0) is 19.4. The molecular weight excluding hydrogens is 361 g/mol. The molecule has 1 aliphatic heterocycles. The normalized spacial score (nSPS) is 17.8. The van der Waals surface area contributed by atoms with Crippen molar-refractivity contribution < 1.29 is 18.3 Å². The van der Waals surface area contributed by atoms with Crippen LogP contribution in [0.3, 0.4) is 0 Å². The van der Waals surface area contributed by atoms with Gasteiger partial charge in [0.1, 0.15) is 0 Å². The summed E-state index contributed by atoms with van der Waals surface area (Å²) in [5, 5.41) is 13.6. The molecule has 0 bridgehead atoms. The van der Waals surface area contributed by atoms with Gasteiger partial charge in [-0.2, -0.15) is 18.3 Å². The lowest BCUT2D eigenvalue weighted by Crippen LogP contribution is -2.44. The van der Waals surface area contributed by atoms with E-state index < -0.39 is 18.8 Å². The van der Waals surface area contributed by atoms with Crippen LogP contribution in [0.25, 0.3) is 11.3 Å². The van der Waals surface area contributed by atoms with Crippen molar-refractivity contribution in [1.82, 2.24) is 19.7 Å². The van der Waals surface area contributed by atoms with Crippen LogP contribution in [0.4, 0.5) is 13.2 Å². The maximum absolute atomic E-state index is 12.5. The molecule has 146 valence electrons. The van der Waals surface area contributed by atoms with Gasteiger partial charge in [0.15, 0.2) is 6.10 Å². The topological polar surface area (TPSA) is 71.2 Å². The van der Waals surface area contributed by atoms with E-state index in [4.69, 9.17) is 0 Å². The molecule has 0 aliphatic carbocycles. The van der Waals surface area contributed by atoms with Gasteiger partial charge in [0.05, 0.1) is 5.69 Å². The average molecular weight is 382 g/mol. The molecule has 0 saturated carbocycles. The van der Waals surface area contributed by atoms with Crippen LogP contribution in [0.2, 0.25) is 0 Å². The average Bonchev–Trinajstić information content (AvgIpc) is 2.65. The number of halogens is 3. The largest absolute Gasteiger partial charge is 0.415 e. The van der Waals surface area contributed by atoms with Crippen molar-refractivity contribution in [1.29, 1.82) is 0 Å². The molecule has 0 amide bonds. The number of likely N-dealkylation sites (tertiary alicyclic amines) is 1. The molecule has 2 aromatic rings. The fourth-order valence-corrected chi connectivity index (χ4v) is 3.20. The van der Waals surface area contributed by atoms with E-state index in [1.807, 2.05) is 12.1 Å². The number of piperidine rings is 1. The highest BCUT2D eigenvalue weighted by Crippen LogP contribution is 2.24. The Morgan fingerprint density at radius 1 is 1.15 bits per heavy atom. The van der Waals surface area contributed by atoms with Crippen molar-refractivity contribution in [2.24, 2.45) is 5.92 Å². The molecule has 1 N–H and O–H groups in total. The second-order valence-corrected chi connectivity index (χ2v) is 6.78. The second kappa shape index (κ2) is 8.18. The van der Waals surface area contributed by atoms with E-state index in [1.54, 1.807) is 23.4 Å². The zero-order valence-corrected chi connectivity index (χ0v) is 14.6. The van der Waals surface area contributed by atoms with Crippen LogP contribution in [0.1, 0.15) is 12.8 Å². The molecule has 1 atom stereocenters. The van der Waals surface area contributed by atoms with Crippen molar-refractivity contribution in [2.45, 2.75) is 31.7 Å². The zero-order valence-electron chi connectivity index (χ0n) is 14.6. The predicted octanol–water partition coefficient (Wildman–Crippen LogP) is 1.94. The molecule has 27 heavy (non-hydrogen) atoms. The summed E-state index contributed by atoms with van der Waals surface area (Å²) in [4.78, 5) is 17.7. The minimum atomic E-state index is -4.60. The van der Waals surface area contributed by atoms with Gasteiger partial charge in [-0.05, 0) is 50.0 Å². The van der Waals surface area contributed by atoms with Gasteiger partial charge in [0.2, 0.25) is 0 Å². The quantitative estimate of drug-likeness (QED) is 0.856. The van der Waals surface area contributed by atoms with Gasteiger partial charge in [-0.3, -0.25) is 9.78 Å². The molecule has 3 rings (SSSR count). The second-order valence-electron chi connectivity index (χ2n) is 6.78. The summed E-state index contributed by atoms with van der Waals surface area (Å²) in [7, 11) is 0. The van der Waals surface area contributed by atoms with Crippen LogP contribution >= 0.6 is 0 Å². The van der Waals surface area contributed by atoms with E-state index in [2.05, 4.69) is 10.1 Å². The first-order valence-corrected chi connectivity index (χ1v) is 8.78. The lowest BCUT2D eigenvalue weighted by atomic mass is 9.96. The van der Waals surface area contributed by atoms with Crippen LogP contribution in [0.15, 0.2) is 41.5 Å². The summed E-state index contributed by atoms with van der Waals surface area (Å²) in [5.41, 5.74) is 1.32. The third-order valence-electron chi connectivity index (χ3n) is 4.79. The molecular formula is C18H21F3N4O2. The molecule has 0 radical (unpaired) electrons. The Labute approximate surface area is 154 Å². The first kappa shape index (κ1) is 19.5. The fourth-order valence-electron chi connectivity index (χ4n) is 3.20. The molecule has 1 aliphatic rings. The molecule has 1 unspecified atom stereocenters. The summed E-state index contributed by atoms with van der Waals surface area (Å²) in [6.07, 6.45) is -2.32. The SMILES string of the molecule is O=c1ccc(-c2ccncc2)nn1CC1CCN(CC(O)C(F)(F)F)CC1. The Morgan fingerprint density at radius 3 is 2.44 bits per heavy atom. The van der Waals surface area contributed by atoms with E-state index in [1.165, 1.54) is 10.7 Å². The molecule has 6 nitrogen and oxygen atoms in total. The summed E-state index contributed by atoms with van der Waals surface area (Å²) in [5.74, 6) is 0.155. The van der Waals surface area contributed by atoms with E-state index in [-0.39, 0.29) is 11.5 Å². The van der Waals surface area contributed by atoms with Crippen molar-refractivity contribution in [3.05, 3.63) is 47.0 Å². The standard InChI is InChI=1S/C18H21F3N4O2/c19-18(20,21)16(26)12-24-9-5-13(6-10-24)11-25-17(27)2-1-15(23-25)14-3-7-22-8-4-14/h1-4,7-8,13,16,26H,5-6,9-12H2. The van der Waals surface area contributed by atoms with Crippen LogP contribution < -0.4 is 5.56 Å². The Morgan fingerprint density at radius 2 is 1.81 bits per heavy atom. The van der Waals surface area contributed by atoms with Gasteiger partial charge >= 0.3 is 6.18 Å². The Bertz CT molecular complexity index is 802. The smallest absolute Gasteiger partial charge is 0.382 e.